The Morgan fingerprint density at radius 2 is 1.50 bits per heavy atom. The number of rotatable bonds is 6. The van der Waals surface area contributed by atoms with Gasteiger partial charge in [-0.1, -0.05) is 72.8 Å². The van der Waals surface area contributed by atoms with Crippen LogP contribution in [0.5, 0.6) is 0 Å². The SMILES string of the molecule is O=C(Cc1ccc(-c2ccccc2)cc1)NCC1CCN(c2ccccc2)C1. The van der Waals surface area contributed by atoms with Crippen LogP contribution in [0.2, 0.25) is 0 Å². The minimum atomic E-state index is 0.102. The third-order valence-electron chi connectivity index (χ3n) is 5.42. The first-order chi connectivity index (χ1) is 13.8. The third-order valence-corrected chi connectivity index (χ3v) is 5.42. The highest BCUT2D eigenvalue weighted by atomic mass is 16.1. The molecule has 1 heterocycles. The van der Waals surface area contributed by atoms with Crippen LogP contribution in [0.3, 0.4) is 0 Å². The standard InChI is InChI=1S/C25H26N2O/c28-25(17-20-11-13-23(14-12-20)22-7-3-1-4-8-22)26-18-21-15-16-27(19-21)24-9-5-2-6-10-24/h1-14,21H,15-19H2,(H,26,28). The van der Waals surface area contributed by atoms with Crippen molar-refractivity contribution in [1.82, 2.24) is 5.32 Å². The fourth-order valence-electron chi connectivity index (χ4n) is 3.82. The van der Waals surface area contributed by atoms with E-state index in [1.807, 2.05) is 24.3 Å². The van der Waals surface area contributed by atoms with E-state index in [0.29, 0.717) is 12.3 Å². The second-order valence-electron chi connectivity index (χ2n) is 7.48. The van der Waals surface area contributed by atoms with E-state index in [2.05, 4.69) is 70.9 Å². The zero-order valence-electron chi connectivity index (χ0n) is 16.1. The lowest BCUT2D eigenvalue weighted by atomic mass is 10.0. The maximum Gasteiger partial charge on any atom is 0.224 e. The Morgan fingerprint density at radius 1 is 0.857 bits per heavy atom. The average molecular weight is 370 g/mol. The number of amides is 1. The molecule has 142 valence electrons. The Morgan fingerprint density at radius 3 is 2.21 bits per heavy atom. The smallest absolute Gasteiger partial charge is 0.224 e. The largest absolute Gasteiger partial charge is 0.371 e. The quantitative estimate of drug-likeness (QED) is 0.691. The Bertz CT molecular complexity index is 891. The molecule has 0 spiro atoms. The molecule has 28 heavy (non-hydrogen) atoms. The van der Waals surface area contributed by atoms with Crippen molar-refractivity contribution in [3.63, 3.8) is 0 Å². The van der Waals surface area contributed by atoms with E-state index >= 15 is 0 Å². The summed E-state index contributed by atoms with van der Waals surface area (Å²) in [6.45, 7) is 2.83. The average Bonchev–Trinajstić information content (AvgIpc) is 3.23. The summed E-state index contributed by atoms with van der Waals surface area (Å²) < 4.78 is 0. The predicted octanol–water partition coefficient (Wildman–Crippen LogP) is 4.54. The molecule has 3 aromatic carbocycles. The van der Waals surface area contributed by atoms with Gasteiger partial charge in [-0.2, -0.15) is 0 Å². The van der Waals surface area contributed by atoms with Crippen LogP contribution in [-0.4, -0.2) is 25.5 Å². The summed E-state index contributed by atoms with van der Waals surface area (Å²) in [6, 6.07) is 29.1. The minimum Gasteiger partial charge on any atom is -0.371 e. The summed E-state index contributed by atoms with van der Waals surface area (Å²) in [5.74, 6) is 0.621. The van der Waals surface area contributed by atoms with Gasteiger partial charge in [0.1, 0.15) is 0 Å². The number of carbonyl (C=O) groups excluding carboxylic acids is 1. The van der Waals surface area contributed by atoms with E-state index in [-0.39, 0.29) is 5.91 Å². The molecule has 4 rings (SSSR count). The van der Waals surface area contributed by atoms with Crippen molar-refractivity contribution in [2.24, 2.45) is 5.92 Å². The molecule has 1 amide bonds. The van der Waals surface area contributed by atoms with Crippen LogP contribution in [0.15, 0.2) is 84.9 Å². The number of carbonyl (C=O) groups is 1. The Kier molecular flexibility index (Phi) is 5.72. The van der Waals surface area contributed by atoms with E-state index < -0.39 is 0 Å². The molecule has 0 aliphatic carbocycles. The van der Waals surface area contributed by atoms with Gasteiger partial charge in [0.2, 0.25) is 5.91 Å². The van der Waals surface area contributed by atoms with E-state index in [4.69, 9.17) is 0 Å². The first-order valence-corrected chi connectivity index (χ1v) is 9.99. The molecule has 1 atom stereocenters. The van der Waals surface area contributed by atoms with Crippen LogP contribution < -0.4 is 10.2 Å². The number of para-hydroxylation sites is 1. The second kappa shape index (κ2) is 8.75. The number of anilines is 1. The Hall–Kier alpha value is -3.07. The van der Waals surface area contributed by atoms with Crippen LogP contribution in [0, 0.1) is 5.92 Å². The fraction of sp³-hybridized carbons (Fsp3) is 0.240. The monoisotopic (exact) mass is 370 g/mol. The molecule has 1 N–H and O–H groups in total. The maximum absolute atomic E-state index is 12.4. The molecule has 0 radical (unpaired) electrons. The van der Waals surface area contributed by atoms with Crippen molar-refractivity contribution >= 4 is 11.6 Å². The van der Waals surface area contributed by atoms with Gasteiger partial charge in [0.05, 0.1) is 6.42 Å². The molecule has 3 nitrogen and oxygen atoms in total. The number of nitrogens with zero attached hydrogens (tertiary/aromatic N) is 1. The topological polar surface area (TPSA) is 32.3 Å². The highest BCUT2D eigenvalue weighted by Gasteiger charge is 2.22. The third kappa shape index (κ3) is 4.61. The second-order valence-corrected chi connectivity index (χ2v) is 7.48. The molecule has 0 saturated carbocycles. The summed E-state index contributed by atoms with van der Waals surface area (Å²) >= 11 is 0. The molecule has 1 aliphatic rings. The van der Waals surface area contributed by atoms with Gasteiger partial charge in [-0.15, -0.1) is 0 Å². The summed E-state index contributed by atoms with van der Waals surface area (Å²) in [6.07, 6.45) is 1.56. The molecule has 1 unspecified atom stereocenters. The van der Waals surface area contributed by atoms with Gasteiger partial charge in [0.25, 0.3) is 0 Å². The van der Waals surface area contributed by atoms with Crippen molar-refractivity contribution < 1.29 is 4.79 Å². The molecule has 3 aromatic rings. The lowest BCUT2D eigenvalue weighted by Gasteiger charge is -2.18. The lowest BCUT2D eigenvalue weighted by Crippen LogP contribution is -2.32. The van der Waals surface area contributed by atoms with Crippen molar-refractivity contribution in [3.8, 4) is 11.1 Å². The van der Waals surface area contributed by atoms with Gasteiger partial charge in [0.15, 0.2) is 0 Å². The van der Waals surface area contributed by atoms with E-state index in [1.54, 1.807) is 0 Å². The van der Waals surface area contributed by atoms with Crippen LogP contribution >= 0.6 is 0 Å². The first kappa shape index (κ1) is 18.3. The molecule has 1 saturated heterocycles. The van der Waals surface area contributed by atoms with Crippen LogP contribution in [0.1, 0.15) is 12.0 Å². The highest BCUT2D eigenvalue weighted by Crippen LogP contribution is 2.23. The molecule has 3 heteroatoms. The number of hydrogen-bond donors (Lipinski definition) is 1. The van der Waals surface area contributed by atoms with Gasteiger partial charge < -0.3 is 10.2 Å². The van der Waals surface area contributed by atoms with Crippen LogP contribution in [-0.2, 0) is 11.2 Å². The zero-order chi connectivity index (χ0) is 19.2. The van der Waals surface area contributed by atoms with E-state index in [1.165, 1.54) is 16.8 Å². The summed E-state index contributed by atoms with van der Waals surface area (Å²) in [7, 11) is 0. The van der Waals surface area contributed by atoms with Crippen molar-refractivity contribution in [2.75, 3.05) is 24.5 Å². The van der Waals surface area contributed by atoms with Gasteiger partial charge in [-0.3, -0.25) is 4.79 Å². The van der Waals surface area contributed by atoms with E-state index in [0.717, 1.165) is 31.6 Å². The fourth-order valence-corrected chi connectivity index (χ4v) is 3.82. The molecule has 0 bridgehead atoms. The Labute approximate surface area is 167 Å². The van der Waals surface area contributed by atoms with Crippen molar-refractivity contribution in [1.29, 1.82) is 0 Å². The van der Waals surface area contributed by atoms with Gasteiger partial charge in [-0.25, -0.2) is 0 Å². The predicted molar refractivity (Wildman–Crippen MR) is 115 cm³/mol. The lowest BCUT2D eigenvalue weighted by molar-refractivity contribution is -0.120. The maximum atomic E-state index is 12.4. The molecule has 0 aromatic heterocycles. The summed E-state index contributed by atoms with van der Waals surface area (Å²) in [5.41, 5.74) is 4.70. The molecular formula is C25H26N2O. The van der Waals surface area contributed by atoms with Gasteiger partial charge in [0, 0.05) is 25.3 Å². The van der Waals surface area contributed by atoms with Crippen LogP contribution in [0.4, 0.5) is 5.69 Å². The van der Waals surface area contributed by atoms with Gasteiger partial charge >= 0.3 is 0 Å². The zero-order valence-corrected chi connectivity index (χ0v) is 16.1. The number of nitrogens with one attached hydrogen (secondary N) is 1. The summed E-state index contributed by atoms with van der Waals surface area (Å²) in [4.78, 5) is 14.8. The number of hydrogen-bond acceptors (Lipinski definition) is 2. The Balaban J connectivity index is 1.25. The van der Waals surface area contributed by atoms with Gasteiger partial charge in [-0.05, 0) is 41.2 Å². The van der Waals surface area contributed by atoms with Crippen molar-refractivity contribution in [3.05, 3.63) is 90.5 Å². The molecule has 1 aliphatic heterocycles. The normalized spacial score (nSPS) is 16.1. The van der Waals surface area contributed by atoms with Crippen molar-refractivity contribution in [2.45, 2.75) is 12.8 Å². The first-order valence-electron chi connectivity index (χ1n) is 9.99. The summed E-state index contributed by atoms with van der Waals surface area (Å²) in [5, 5.41) is 3.13. The molecular weight excluding hydrogens is 344 g/mol. The van der Waals surface area contributed by atoms with E-state index in [9.17, 15) is 4.79 Å². The number of benzene rings is 3. The highest BCUT2D eigenvalue weighted by molar-refractivity contribution is 5.78. The van der Waals surface area contributed by atoms with Crippen LogP contribution in [0.25, 0.3) is 11.1 Å². The molecule has 1 fully saturated rings. The minimum absolute atomic E-state index is 0.102.